The number of rotatable bonds is 21. The molecule has 0 saturated heterocycles. The minimum Gasteiger partial charge on any atom is -0.545 e. The van der Waals surface area contributed by atoms with E-state index in [1.807, 2.05) is 0 Å². The molecule has 0 aliphatic carbocycles. The molecule has 0 amide bonds. The first-order valence-corrected chi connectivity index (χ1v) is 27.8. The van der Waals surface area contributed by atoms with Gasteiger partial charge < -0.3 is 30.0 Å². The molecular weight excluding hydrogens is 706 g/mol. The maximum atomic E-state index is 9.41. The van der Waals surface area contributed by atoms with Gasteiger partial charge in [-0.05, 0) is 19.1 Å². The van der Waals surface area contributed by atoms with E-state index < -0.39 is 57.6 Å². The van der Waals surface area contributed by atoms with E-state index in [1.54, 1.807) is 26.6 Å². The van der Waals surface area contributed by atoms with Crippen molar-refractivity contribution in [3.63, 3.8) is 0 Å². The van der Waals surface area contributed by atoms with Crippen LogP contribution >= 0.6 is 0 Å². The monoisotopic (exact) mass is 772 g/mol. The third kappa shape index (κ3) is 51.4. The first-order chi connectivity index (χ1) is 18.6. The zero-order valence-electron chi connectivity index (χ0n) is 26.7. The van der Waals surface area contributed by atoms with Gasteiger partial charge in [0, 0.05) is 0 Å². The molecule has 0 bridgehead atoms. The van der Waals surface area contributed by atoms with Crippen LogP contribution in [0.3, 0.4) is 0 Å². The predicted octanol–water partition coefficient (Wildman–Crippen LogP) is 6.16. The van der Waals surface area contributed by atoms with Crippen molar-refractivity contribution < 1.29 is 30.0 Å². The van der Waals surface area contributed by atoms with Gasteiger partial charge in [-0.25, -0.2) is 0 Å². The van der Waals surface area contributed by atoms with Gasteiger partial charge in [0.2, 0.25) is 0 Å². The molecular formula is C31H64O6Sn2. The molecule has 0 radical (unpaired) electrons. The maximum Gasteiger partial charge on any atom is 0.0643 e. The van der Waals surface area contributed by atoms with E-state index >= 15 is 0 Å². The van der Waals surface area contributed by atoms with Crippen LogP contribution in [0.5, 0.6) is 0 Å². The molecule has 2 N–H and O–H groups in total. The number of carbonyl (C=O) groups excluding carboxylic acids is 2. The fourth-order valence-electron chi connectivity index (χ4n) is 3.45. The van der Waals surface area contributed by atoms with E-state index in [-0.39, 0.29) is 6.61 Å². The van der Waals surface area contributed by atoms with Crippen LogP contribution in [0.25, 0.3) is 0 Å². The Kier molecular flexibility index (Phi) is 47.7. The number of unbranched alkanes of at least 4 members (excludes halogenated alkanes) is 6. The van der Waals surface area contributed by atoms with Gasteiger partial charge in [0.1, 0.15) is 0 Å². The molecule has 1 unspecified atom stereocenters. The number of hydrogen-bond acceptors (Lipinski definition) is 6. The number of hydrogen-bond donors (Lipinski definition) is 2. The quantitative estimate of drug-likeness (QED) is 0.107. The predicted molar refractivity (Wildman–Crippen MR) is 168 cm³/mol. The van der Waals surface area contributed by atoms with E-state index in [9.17, 15) is 19.8 Å². The Morgan fingerprint density at radius 1 is 0.590 bits per heavy atom. The largest absolute Gasteiger partial charge is 0.545 e. The number of aliphatic hydroxyl groups is 2. The number of aliphatic hydroxyl groups excluding tert-OH is 2. The Morgan fingerprint density at radius 3 is 0.872 bits per heavy atom. The summed E-state index contributed by atoms with van der Waals surface area (Å²) in [5.74, 6) is -3.09. The number of carbonyl (C=O) groups is 2. The van der Waals surface area contributed by atoms with Gasteiger partial charge in [0.25, 0.3) is 0 Å². The molecule has 232 valence electrons. The molecule has 39 heavy (non-hydrogen) atoms. The number of carboxylic acid groups (broad SMARTS) is 2. The summed E-state index contributed by atoms with van der Waals surface area (Å²) in [6.45, 7) is 15.4. The molecule has 0 aromatic rings. The molecule has 8 heteroatoms. The average molecular weight is 770 g/mol. The van der Waals surface area contributed by atoms with Crippen molar-refractivity contribution >= 4 is 51.5 Å². The van der Waals surface area contributed by atoms with Crippen LogP contribution in [0.2, 0.25) is 26.6 Å². The van der Waals surface area contributed by atoms with Gasteiger partial charge in [-0.15, -0.1) is 0 Å². The van der Waals surface area contributed by atoms with E-state index in [4.69, 9.17) is 10.2 Å². The molecule has 0 aromatic carbocycles. The Balaban J connectivity index is -0.000000222. The zero-order valence-corrected chi connectivity index (χ0v) is 32.4. The smallest absolute Gasteiger partial charge is 0.0643 e. The van der Waals surface area contributed by atoms with Crippen LogP contribution < -0.4 is 10.2 Å². The Bertz CT molecular complexity index is 437. The molecule has 0 aliphatic heterocycles. The minimum atomic E-state index is -1.55. The van der Waals surface area contributed by atoms with Gasteiger partial charge in [0.05, 0.1) is 24.6 Å². The van der Waals surface area contributed by atoms with Gasteiger partial charge in [-0.3, -0.25) is 0 Å². The van der Waals surface area contributed by atoms with E-state index in [2.05, 4.69) is 41.5 Å². The van der Waals surface area contributed by atoms with E-state index in [0.29, 0.717) is 12.2 Å². The standard InChI is InChI=1S/C4H4O4.6C4H9.C3H8O2.2Sn/c5-3(6)1-2-4(7)8;6*1-3-4-2;1-3(5)2-4;;/h1-2H,(H,5,6)(H,7,8);6*1,3-4H2,2H3;3-5H,2H2,1H3;;/q;;;;;;;;2*+1/p-2/b2-1-;;;;;;;;;. The molecule has 0 spiro atoms. The van der Waals surface area contributed by atoms with E-state index in [1.165, 1.54) is 84.0 Å². The fraction of sp³-hybridized carbons (Fsp3) is 0.871. The second kappa shape index (κ2) is 40.3. The van der Waals surface area contributed by atoms with Crippen molar-refractivity contribution in [1.29, 1.82) is 0 Å². The second-order valence-corrected chi connectivity index (χ2v) is 27.2. The summed E-state index contributed by atoms with van der Waals surface area (Å²) in [5, 5.41) is 34.8. The number of aliphatic carboxylic acids is 2. The zero-order chi connectivity index (χ0) is 30.7. The van der Waals surface area contributed by atoms with E-state index in [0.717, 1.165) is 0 Å². The third-order valence-corrected chi connectivity index (χ3v) is 24.1. The summed E-state index contributed by atoms with van der Waals surface area (Å²) in [5.41, 5.74) is 0. The van der Waals surface area contributed by atoms with Crippen LogP contribution in [-0.2, 0) is 9.59 Å². The Hall–Kier alpha value is 0.197. The minimum absolute atomic E-state index is 0.139. The van der Waals surface area contributed by atoms with Crippen molar-refractivity contribution in [2.24, 2.45) is 0 Å². The van der Waals surface area contributed by atoms with Crippen LogP contribution in [0, 0.1) is 0 Å². The van der Waals surface area contributed by atoms with Crippen molar-refractivity contribution in [3.8, 4) is 0 Å². The molecule has 0 aromatic heterocycles. The molecule has 6 nitrogen and oxygen atoms in total. The van der Waals surface area contributed by atoms with Crippen molar-refractivity contribution in [1.82, 2.24) is 0 Å². The van der Waals surface area contributed by atoms with Crippen molar-refractivity contribution in [2.75, 3.05) is 6.61 Å². The van der Waals surface area contributed by atoms with Gasteiger partial charge in [0.15, 0.2) is 0 Å². The summed E-state index contributed by atoms with van der Waals surface area (Å²) >= 11 is -1.68. The Morgan fingerprint density at radius 2 is 0.769 bits per heavy atom. The van der Waals surface area contributed by atoms with Crippen LogP contribution in [-0.4, -0.2) is 74.4 Å². The molecule has 1 atom stereocenters. The topological polar surface area (TPSA) is 121 Å². The van der Waals surface area contributed by atoms with Crippen molar-refractivity contribution in [2.45, 2.75) is 158 Å². The summed E-state index contributed by atoms with van der Waals surface area (Å²) in [7, 11) is 0. The molecule has 0 aliphatic rings. The summed E-state index contributed by atoms with van der Waals surface area (Å²) in [6, 6.07) is 0. The molecule has 0 heterocycles. The first-order valence-electron chi connectivity index (χ1n) is 15.7. The normalized spacial score (nSPS) is 10.8. The maximum absolute atomic E-state index is 9.41. The van der Waals surface area contributed by atoms with Crippen molar-refractivity contribution in [3.05, 3.63) is 12.2 Å². The SMILES string of the molecule is CC(O)CO.CCC[CH2][Sn+]([CH2]CCC)[CH2]CCC.CCC[CH2][Sn+]([CH2]CCC)[CH2]CCC.O=C([O-])/C=C\C(=O)[O-]. The summed E-state index contributed by atoms with van der Waals surface area (Å²) < 4.78 is 10.1. The van der Waals surface area contributed by atoms with Gasteiger partial charge in [-0.1, -0.05) is 0 Å². The molecule has 0 saturated carbocycles. The summed E-state index contributed by atoms with van der Waals surface area (Å²) in [6.07, 6.45) is 17.9. The van der Waals surface area contributed by atoms with Crippen LogP contribution in [0.4, 0.5) is 0 Å². The van der Waals surface area contributed by atoms with Gasteiger partial charge >= 0.3 is 185 Å². The molecule has 0 rings (SSSR count). The van der Waals surface area contributed by atoms with Gasteiger partial charge in [-0.2, -0.15) is 0 Å². The second-order valence-electron chi connectivity index (χ2n) is 10.1. The van der Waals surface area contributed by atoms with Crippen LogP contribution in [0.1, 0.15) is 126 Å². The first kappa shape index (κ1) is 46.2. The third-order valence-electron chi connectivity index (χ3n) is 5.92. The summed E-state index contributed by atoms with van der Waals surface area (Å²) in [4.78, 5) is 18.8. The fourth-order valence-corrected chi connectivity index (χ4v) is 22.3. The van der Waals surface area contributed by atoms with Crippen LogP contribution in [0.15, 0.2) is 12.2 Å². The Labute approximate surface area is 256 Å². The molecule has 0 fully saturated rings. The number of carboxylic acids is 2. The average Bonchev–Trinajstić information content (AvgIpc) is 2.92.